The van der Waals surface area contributed by atoms with Gasteiger partial charge >= 0.3 is 0 Å². The minimum absolute atomic E-state index is 0.0601. The van der Waals surface area contributed by atoms with E-state index in [1.165, 1.54) is 11.1 Å². The highest BCUT2D eigenvalue weighted by Crippen LogP contribution is 2.31. The molecule has 1 aliphatic heterocycles. The molecule has 4 rings (SSSR count). The Morgan fingerprint density at radius 3 is 2.75 bits per heavy atom. The molecule has 1 aromatic heterocycles. The topological polar surface area (TPSA) is 83.3 Å². The van der Waals surface area contributed by atoms with Gasteiger partial charge in [0, 0.05) is 44.4 Å². The second-order valence-electron chi connectivity index (χ2n) is 8.04. The number of aryl methyl sites for hydroxylation is 2. The Bertz CT molecular complexity index is 1090. The van der Waals surface area contributed by atoms with E-state index >= 15 is 0 Å². The van der Waals surface area contributed by atoms with Crippen LogP contribution in [0, 0.1) is 6.92 Å². The lowest BCUT2D eigenvalue weighted by atomic mass is 9.90. The number of carbonyl (C=O) groups excluding carboxylic acids is 1. The van der Waals surface area contributed by atoms with Crippen LogP contribution in [0.15, 0.2) is 65.8 Å². The molecule has 0 bridgehead atoms. The highest BCUT2D eigenvalue weighted by atomic mass is 16.1. The molecule has 0 saturated heterocycles. The molecule has 7 nitrogen and oxygen atoms in total. The highest BCUT2D eigenvalue weighted by Gasteiger charge is 2.24. The molecule has 0 spiro atoms. The molecule has 1 aliphatic rings. The van der Waals surface area contributed by atoms with Gasteiger partial charge in [-0.05, 0) is 49.1 Å². The molecule has 1 unspecified atom stereocenters. The van der Waals surface area contributed by atoms with Crippen LogP contribution >= 0.6 is 0 Å². The molecule has 32 heavy (non-hydrogen) atoms. The molecule has 1 amide bonds. The van der Waals surface area contributed by atoms with Gasteiger partial charge in [-0.15, -0.1) is 0 Å². The monoisotopic (exact) mass is 430 g/mol. The van der Waals surface area contributed by atoms with Crippen molar-refractivity contribution >= 4 is 17.6 Å². The van der Waals surface area contributed by atoms with E-state index in [0.29, 0.717) is 13.0 Å². The molecular formula is C25H30N6O. The normalized spacial score (nSPS) is 15.8. The van der Waals surface area contributed by atoms with Crippen LogP contribution in [-0.4, -0.2) is 41.8 Å². The number of fused-ring (bicyclic) bond motifs is 1. The number of nitrogens with one attached hydrogen (secondary N) is 3. The number of anilines is 1. The molecule has 2 heterocycles. The van der Waals surface area contributed by atoms with E-state index in [2.05, 4.69) is 57.4 Å². The number of hydrogen-bond acceptors (Lipinski definition) is 3. The number of aromatic nitrogens is 2. The Labute approximate surface area is 189 Å². The van der Waals surface area contributed by atoms with Crippen molar-refractivity contribution in [2.75, 3.05) is 25.5 Å². The molecule has 3 aromatic rings. The van der Waals surface area contributed by atoms with Gasteiger partial charge in [0.05, 0.1) is 11.4 Å². The Balaban J connectivity index is 1.26. The van der Waals surface area contributed by atoms with Crippen molar-refractivity contribution in [3.63, 3.8) is 0 Å². The van der Waals surface area contributed by atoms with Crippen molar-refractivity contribution in [1.82, 2.24) is 20.4 Å². The Morgan fingerprint density at radius 1 is 1.16 bits per heavy atom. The number of benzene rings is 2. The predicted octanol–water partition coefficient (Wildman–Crippen LogP) is 3.40. The van der Waals surface area contributed by atoms with E-state index in [1.807, 2.05) is 41.1 Å². The lowest BCUT2D eigenvalue weighted by molar-refractivity contribution is -0.116. The summed E-state index contributed by atoms with van der Waals surface area (Å²) in [5.41, 5.74) is 5.46. The summed E-state index contributed by atoms with van der Waals surface area (Å²) < 4.78 is 1.94. The summed E-state index contributed by atoms with van der Waals surface area (Å²) in [6.45, 7) is 3.52. The zero-order chi connectivity index (χ0) is 22.3. The predicted molar refractivity (Wildman–Crippen MR) is 128 cm³/mol. The third-order valence-electron chi connectivity index (χ3n) is 5.78. The fourth-order valence-corrected chi connectivity index (χ4v) is 4.06. The van der Waals surface area contributed by atoms with Gasteiger partial charge in [-0.2, -0.15) is 5.10 Å². The number of para-hydroxylation sites is 2. The van der Waals surface area contributed by atoms with Crippen LogP contribution in [0.1, 0.15) is 35.6 Å². The zero-order valence-electron chi connectivity index (χ0n) is 18.6. The maximum absolute atomic E-state index is 12.0. The fourth-order valence-electron chi connectivity index (χ4n) is 4.06. The van der Waals surface area contributed by atoms with E-state index < -0.39 is 0 Å². The molecule has 0 fully saturated rings. The molecule has 3 N–H and O–H groups in total. The minimum atomic E-state index is 0.0601. The van der Waals surface area contributed by atoms with Crippen LogP contribution in [0.3, 0.4) is 0 Å². The number of nitrogens with zero attached hydrogens (tertiary/aromatic N) is 3. The quantitative estimate of drug-likeness (QED) is 0.305. The summed E-state index contributed by atoms with van der Waals surface area (Å²) in [4.78, 5) is 16.4. The number of guanidine groups is 1. The van der Waals surface area contributed by atoms with Crippen LogP contribution < -0.4 is 16.0 Å². The maximum Gasteiger partial charge on any atom is 0.225 e. The molecule has 2 aromatic carbocycles. The summed E-state index contributed by atoms with van der Waals surface area (Å²) in [6, 6.07) is 18.2. The van der Waals surface area contributed by atoms with Crippen molar-refractivity contribution in [3.8, 4) is 5.69 Å². The van der Waals surface area contributed by atoms with Crippen LogP contribution in [0.25, 0.3) is 5.69 Å². The molecule has 0 radical (unpaired) electrons. The fraction of sp³-hybridized carbons (Fsp3) is 0.320. The average Bonchev–Trinajstić information content (AvgIpc) is 3.19. The number of carbonyl (C=O) groups is 1. The smallest absolute Gasteiger partial charge is 0.225 e. The zero-order valence-corrected chi connectivity index (χ0v) is 18.6. The number of hydrogen-bond donors (Lipinski definition) is 3. The number of amides is 1. The second-order valence-corrected chi connectivity index (χ2v) is 8.04. The van der Waals surface area contributed by atoms with Crippen LogP contribution in [-0.2, 0) is 11.2 Å². The average molecular weight is 431 g/mol. The SMILES string of the molecule is CN=C(NCCCc1cn(-c2ccccc2)nc1C)NCC1CC(=O)Nc2ccccc21. The minimum Gasteiger partial charge on any atom is -0.356 e. The first-order valence-electron chi connectivity index (χ1n) is 11.1. The number of aliphatic imine (C=N–C) groups is 1. The van der Waals surface area contributed by atoms with E-state index in [1.54, 1.807) is 7.05 Å². The summed E-state index contributed by atoms with van der Waals surface area (Å²) in [5, 5.41) is 14.4. The molecule has 0 aliphatic carbocycles. The third-order valence-corrected chi connectivity index (χ3v) is 5.78. The van der Waals surface area contributed by atoms with E-state index in [-0.39, 0.29) is 11.8 Å². The van der Waals surface area contributed by atoms with Gasteiger partial charge in [-0.1, -0.05) is 36.4 Å². The Hall–Kier alpha value is -3.61. The van der Waals surface area contributed by atoms with E-state index in [4.69, 9.17) is 0 Å². The molecule has 7 heteroatoms. The number of rotatable bonds is 7. The lowest BCUT2D eigenvalue weighted by Gasteiger charge is -2.26. The van der Waals surface area contributed by atoms with Crippen molar-refractivity contribution in [3.05, 3.63) is 77.6 Å². The van der Waals surface area contributed by atoms with Gasteiger partial charge in [0.1, 0.15) is 0 Å². The van der Waals surface area contributed by atoms with Gasteiger partial charge in [0.15, 0.2) is 5.96 Å². The van der Waals surface area contributed by atoms with Crippen molar-refractivity contribution in [2.45, 2.75) is 32.1 Å². The van der Waals surface area contributed by atoms with E-state index in [0.717, 1.165) is 42.4 Å². The maximum atomic E-state index is 12.0. The van der Waals surface area contributed by atoms with Crippen LogP contribution in [0.5, 0.6) is 0 Å². The van der Waals surface area contributed by atoms with Crippen molar-refractivity contribution in [1.29, 1.82) is 0 Å². The lowest BCUT2D eigenvalue weighted by Crippen LogP contribution is -2.41. The highest BCUT2D eigenvalue weighted by molar-refractivity contribution is 5.94. The Kier molecular flexibility index (Phi) is 6.84. The molecule has 1 atom stereocenters. The van der Waals surface area contributed by atoms with Gasteiger partial charge in [0.2, 0.25) is 5.91 Å². The largest absolute Gasteiger partial charge is 0.356 e. The Morgan fingerprint density at radius 2 is 1.94 bits per heavy atom. The third kappa shape index (κ3) is 5.17. The van der Waals surface area contributed by atoms with Gasteiger partial charge in [0.25, 0.3) is 0 Å². The summed E-state index contributed by atoms with van der Waals surface area (Å²) in [6.07, 6.45) is 4.50. The molecule has 0 saturated carbocycles. The van der Waals surface area contributed by atoms with Crippen LogP contribution in [0.4, 0.5) is 5.69 Å². The first-order valence-corrected chi connectivity index (χ1v) is 11.1. The standard InChI is InChI=1S/C25H30N6O/c1-18-19(17-31(30-18)21-10-4-3-5-11-21)9-8-14-27-25(26-2)28-16-20-15-24(32)29-23-13-7-6-12-22(20)23/h3-7,10-13,17,20H,8-9,14-16H2,1-2H3,(H,29,32)(H2,26,27,28). The molecular weight excluding hydrogens is 400 g/mol. The van der Waals surface area contributed by atoms with Crippen LogP contribution in [0.2, 0.25) is 0 Å². The van der Waals surface area contributed by atoms with Crippen molar-refractivity contribution < 1.29 is 4.79 Å². The summed E-state index contributed by atoms with van der Waals surface area (Å²) >= 11 is 0. The van der Waals surface area contributed by atoms with Gasteiger partial charge in [-0.3, -0.25) is 9.79 Å². The first kappa shape index (κ1) is 21.6. The van der Waals surface area contributed by atoms with Gasteiger partial charge in [-0.25, -0.2) is 4.68 Å². The van der Waals surface area contributed by atoms with Crippen molar-refractivity contribution in [2.24, 2.45) is 4.99 Å². The molecule has 166 valence electrons. The van der Waals surface area contributed by atoms with E-state index in [9.17, 15) is 4.79 Å². The second kappa shape index (κ2) is 10.1. The summed E-state index contributed by atoms with van der Waals surface area (Å²) in [5.74, 6) is 0.944. The summed E-state index contributed by atoms with van der Waals surface area (Å²) in [7, 11) is 1.77. The first-order chi connectivity index (χ1) is 15.6. The van der Waals surface area contributed by atoms with Gasteiger partial charge < -0.3 is 16.0 Å².